The number of ether oxygens (including phenoxy) is 1. The van der Waals surface area contributed by atoms with E-state index < -0.39 is 0 Å². The molecule has 114 valence electrons. The van der Waals surface area contributed by atoms with E-state index in [1.807, 2.05) is 17.7 Å². The first-order valence-electron chi connectivity index (χ1n) is 6.72. The quantitative estimate of drug-likeness (QED) is 0.573. The van der Waals surface area contributed by atoms with Crippen LogP contribution in [-0.2, 0) is 16.1 Å². The number of esters is 1. The second-order valence-corrected chi connectivity index (χ2v) is 5.49. The Balaban J connectivity index is 2.04. The Kier molecular flexibility index (Phi) is 5.38. The number of rotatable bonds is 7. The van der Waals surface area contributed by atoms with Crippen LogP contribution in [0.4, 0.5) is 0 Å². The molecule has 0 saturated carbocycles. The summed E-state index contributed by atoms with van der Waals surface area (Å²) in [6.07, 6.45) is 1.29. The lowest BCUT2D eigenvalue weighted by atomic mass is 10.3. The predicted molar refractivity (Wildman–Crippen MR) is 77.9 cm³/mol. The standard InChI is InChI=1S/C13H18N4O3S/c1-4-6-17-10(8-9(2)16-17)12-14-15-13(20-12)21-7-5-11(18)19-3/h8H,4-7H2,1-3H3. The van der Waals surface area contributed by atoms with Crippen LogP contribution >= 0.6 is 11.8 Å². The molecule has 7 nitrogen and oxygen atoms in total. The average molecular weight is 310 g/mol. The van der Waals surface area contributed by atoms with E-state index in [-0.39, 0.29) is 5.97 Å². The summed E-state index contributed by atoms with van der Waals surface area (Å²) in [5, 5.41) is 12.9. The van der Waals surface area contributed by atoms with Crippen LogP contribution in [-0.4, -0.2) is 38.8 Å². The molecule has 8 heteroatoms. The Labute approximate surface area is 127 Å². The fraction of sp³-hybridized carbons (Fsp3) is 0.538. The summed E-state index contributed by atoms with van der Waals surface area (Å²) in [6, 6.07) is 1.92. The molecular weight excluding hydrogens is 292 g/mol. The van der Waals surface area contributed by atoms with E-state index in [0.717, 1.165) is 24.4 Å². The van der Waals surface area contributed by atoms with E-state index in [4.69, 9.17) is 4.42 Å². The lowest BCUT2D eigenvalue weighted by Gasteiger charge is -2.01. The molecule has 0 aliphatic rings. The lowest BCUT2D eigenvalue weighted by molar-refractivity contribution is -0.140. The van der Waals surface area contributed by atoms with Gasteiger partial charge >= 0.3 is 5.97 Å². The van der Waals surface area contributed by atoms with Crippen LogP contribution in [0.1, 0.15) is 25.5 Å². The highest BCUT2D eigenvalue weighted by atomic mass is 32.2. The smallest absolute Gasteiger partial charge is 0.306 e. The van der Waals surface area contributed by atoms with Crippen LogP contribution in [0, 0.1) is 6.92 Å². The van der Waals surface area contributed by atoms with E-state index in [1.54, 1.807) is 0 Å². The maximum Gasteiger partial charge on any atom is 0.306 e. The normalized spacial score (nSPS) is 10.8. The molecular formula is C13H18N4O3S. The van der Waals surface area contributed by atoms with Gasteiger partial charge in [-0.25, -0.2) is 0 Å². The minimum Gasteiger partial charge on any atom is -0.469 e. The van der Waals surface area contributed by atoms with Crippen molar-refractivity contribution in [2.75, 3.05) is 12.9 Å². The number of aromatic nitrogens is 4. The number of carbonyl (C=O) groups is 1. The van der Waals surface area contributed by atoms with E-state index in [2.05, 4.69) is 27.0 Å². The third-order valence-electron chi connectivity index (χ3n) is 2.72. The maximum absolute atomic E-state index is 11.0. The van der Waals surface area contributed by atoms with Crippen molar-refractivity contribution in [3.63, 3.8) is 0 Å². The molecule has 0 unspecified atom stereocenters. The number of hydrogen-bond acceptors (Lipinski definition) is 7. The van der Waals surface area contributed by atoms with Crippen molar-refractivity contribution in [2.45, 2.75) is 38.5 Å². The van der Waals surface area contributed by atoms with Crippen LogP contribution in [0.25, 0.3) is 11.6 Å². The van der Waals surface area contributed by atoms with Crippen molar-refractivity contribution in [1.82, 2.24) is 20.0 Å². The third-order valence-corrected chi connectivity index (χ3v) is 3.54. The summed E-state index contributed by atoms with van der Waals surface area (Å²) in [4.78, 5) is 11.0. The van der Waals surface area contributed by atoms with Crippen molar-refractivity contribution in [1.29, 1.82) is 0 Å². The summed E-state index contributed by atoms with van der Waals surface area (Å²) >= 11 is 1.33. The van der Waals surface area contributed by atoms with E-state index >= 15 is 0 Å². The molecule has 0 bridgehead atoms. The number of hydrogen-bond donors (Lipinski definition) is 0. The van der Waals surface area contributed by atoms with Gasteiger partial charge in [-0.05, 0) is 19.4 Å². The molecule has 0 N–H and O–H groups in total. The number of aryl methyl sites for hydroxylation is 2. The Bertz CT molecular complexity index is 608. The molecule has 21 heavy (non-hydrogen) atoms. The van der Waals surface area contributed by atoms with Crippen LogP contribution in [0.2, 0.25) is 0 Å². The van der Waals surface area contributed by atoms with Crippen molar-refractivity contribution in [2.24, 2.45) is 0 Å². The largest absolute Gasteiger partial charge is 0.469 e. The second-order valence-electron chi connectivity index (χ2n) is 4.44. The highest BCUT2D eigenvalue weighted by molar-refractivity contribution is 7.99. The molecule has 0 radical (unpaired) electrons. The van der Waals surface area contributed by atoms with Gasteiger partial charge in [-0.3, -0.25) is 9.48 Å². The molecule has 0 aromatic carbocycles. The number of carbonyl (C=O) groups excluding carboxylic acids is 1. The van der Waals surface area contributed by atoms with Crippen molar-refractivity contribution in [3.8, 4) is 11.6 Å². The van der Waals surface area contributed by atoms with Gasteiger partial charge in [0.1, 0.15) is 5.69 Å². The molecule has 2 heterocycles. The minimum absolute atomic E-state index is 0.251. The zero-order chi connectivity index (χ0) is 15.2. The molecule has 0 saturated heterocycles. The first-order chi connectivity index (χ1) is 10.1. The van der Waals surface area contributed by atoms with Gasteiger partial charge in [0, 0.05) is 12.3 Å². The van der Waals surface area contributed by atoms with Crippen molar-refractivity contribution < 1.29 is 13.9 Å². The molecule has 0 amide bonds. The molecule has 0 aliphatic heterocycles. The van der Waals surface area contributed by atoms with Crippen LogP contribution in [0.5, 0.6) is 0 Å². The average Bonchev–Trinajstić information content (AvgIpc) is 3.06. The van der Waals surface area contributed by atoms with Gasteiger partial charge in [0.15, 0.2) is 0 Å². The molecule has 0 aliphatic carbocycles. The van der Waals surface area contributed by atoms with Crippen molar-refractivity contribution in [3.05, 3.63) is 11.8 Å². The van der Waals surface area contributed by atoms with Gasteiger partial charge in [0.05, 0.1) is 19.2 Å². The van der Waals surface area contributed by atoms with Crippen LogP contribution in [0.15, 0.2) is 15.7 Å². The van der Waals surface area contributed by atoms with Gasteiger partial charge in [0.2, 0.25) is 0 Å². The number of methoxy groups -OCH3 is 1. The Morgan fingerprint density at radius 1 is 1.48 bits per heavy atom. The summed E-state index contributed by atoms with van der Waals surface area (Å²) in [6.45, 7) is 4.82. The van der Waals surface area contributed by atoms with E-state index in [1.165, 1.54) is 18.9 Å². The molecule has 2 aromatic rings. The van der Waals surface area contributed by atoms with Gasteiger partial charge in [-0.1, -0.05) is 18.7 Å². The fourth-order valence-electron chi connectivity index (χ4n) is 1.80. The topological polar surface area (TPSA) is 83.0 Å². The number of thioether (sulfide) groups is 1. The number of nitrogens with zero attached hydrogens (tertiary/aromatic N) is 4. The Morgan fingerprint density at radius 3 is 3.00 bits per heavy atom. The van der Waals surface area contributed by atoms with Gasteiger partial charge < -0.3 is 9.15 Å². The molecule has 2 rings (SSSR count). The predicted octanol–water partition coefficient (Wildman–Crippen LogP) is 2.31. The SMILES string of the molecule is CCCn1nc(C)cc1-c1nnc(SCCC(=O)OC)o1. The van der Waals surface area contributed by atoms with Crippen LogP contribution in [0.3, 0.4) is 0 Å². The molecule has 0 spiro atoms. The molecule has 2 aromatic heterocycles. The third kappa shape index (κ3) is 4.07. The summed E-state index contributed by atoms with van der Waals surface area (Å²) < 4.78 is 12.1. The monoisotopic (exact) mass is 310 g/mol. The highest BCUT2D eigenvalue weighted by Crippen LogP contribution is 2.24. The highest BCUT2D eigenvalue weighted by Gasteiger charge is 2.15. The molecule has 0 fully saturated rings. The first-order valence-corrected chi connectivity index (χ1v) is 7.70. The Morgan fingerprint density at radius 2 is 2.29 bits per heavy atom. The zero-order valence-electron chi connectivity index (χ0n) is 12.3. The zero-order valence-corrected chi connectivity index (χ0v) is 13.1. The second kappa shape index (κ2) is 7.26. The molecule has 0 atom stereocenters. The minimum atomic E-state index is -0.251. The van der Waals surface area contributed by atoms with E-state index in [0.29, 0.717) is 23.3 Å². The van der Waals surface area contributed by atoms with Gasteiger partial charge in [-0.2, -0.15) is 5.10 Å². The summed E-state index contributed by atoms with van der Waals surface area (Å²) in [5.74, 6) is 0.741. The maximum atomic E-state index is 11.0. The van der Waals surface area contributed by atoms with Gasteiger partial charge in [-0.15, -0.1) is 10.2 Å². The van der Waals surface area contributed by atoms with Crippen molar-refractivity contribution >= 4 is 17.7 Å². The van der Waals surface area contributed by atoms with E-state index in [9.17, 15) is 4.79 Å². The fourth-order valence-corrected chi connectivity index (χ4v) is 2.48. The Hall–Kier alpha value is -1.83. The lowest BCUT2D eigenvalue weighted by Crippen LogP contribution is -2.01. The summed E-state index contributed by atoms with van der Waals surface area (Å²) in [7, 11) is 1.37. The first kappa shape index (κ1) is 15.6. The van der Waals surface area contributed by atoms with Gasteiger partial charge in [0.25, 0.3) is 11.1 Å². The van der Waals surface area contributed by atoms with Crippen LogP contribution < -0.4 is 0 Å². The summed E-state index contributed by atoms with van der Waals surface area (Å²) in [5.41, 5.74) is 1.73.